The van der Waals surface area contributed by atoms with Crippen LogP contribution < -0.4 is 5.32 Å². The number of carbonyl (C=O) groups is 1. The Labute approximate surface area is 404 Å². The van der Waals surface area contributed by atoms with Crippen LogP contribution in [0.2, 0.25) is 0 Å². The molecule has 11 heteroatoms. The van der Waals surface area contributed by atoms with Crippen molar-refractivity contribution in [1.29, 1.82) is 0 Å². The molecule has 1 aliphatic heterocycles. The highest BCUT2D eigenvalue weighted by Gasteiger charge is 2.44. The molecule has 1 fully saturated rings. The quantitative estimate of drug-likeness (QED) is 0.0215. The molecule has 9 unspecified atom stereocenters. The fraction of sp³-hybridized carbons (Fsp3) is 0.945. The van der Waals surface area contributed by atoms with Crippen LogP contribution in [0, 0.1) is 0 Å². The van der Waals surface area contributed by atoms with E-state index in [2.05, 4.69) is 31.3 Å². The molecule has 0 radical (unpaired) electrons. The first kappa shape index (κ1) is 62.9. The summed E-state index contributed by atoms with van der Waals surface area (Å²) in [6.07, 6.45) is 40.0. The summed E-state index contributed by atoms with van der Waals surface area (Å²) in [5.74, 6) is -0.702. The number of aliphatic hydroxyl groups excluding tert-OH is 7. The number of ether oxygens (including phenoxy) is 2. The van der Waals surface area contributed by atoms with Crippen LogP contribution in [0.3, 0.4) is 0 Å². The molecule has 0 bridgehead atoms. The number of allylic oxidation sites excluding steroid dienone is 2. The van der Waals surface area contributed by atoms with Crippen LogP contribution in [0.1, 0.15) is 264 Å². The largest absolute Gasteiger partial charge is 0.394 e. The Morgan fingerprint density at radius 1 is 0.515 bits per heavy atom. The van der Waals surface area contributed by atoms with Crippen LogP contribution in [0.5, 0.6) is 0 Å². The lowest BCUT2D eigenvalue weighted by Crippen LogP contribution is -2.60. The first-order chi connectivity index (χ1) is 32.2. The van der Waals surface area contributed by atoms with Gasteiger partial charge in [0.15, 0.2) is 6.29 Å². The summed E-state index contributed by atoms with van der Waals surface area (Å²) in [6, 6.07) is -1.18. The van der Waals surface area contributed by atoms with E-state index in [1.54, 1.807) is 0 Å². The van der Waals surface area contributed by atoms with Crippen LogP contribution in [-0.4, -0.2) is 110 Å². The molecule has 8 N–H and O–H groups in total. The fourth-order valence-corrected chi connectivity index (χ4v) is 9.21. The standard InChI is InChI=1S/C55H107NO10/c1-3-5-7-9-11-13-15-17-18-19-20-21-22-23-24-25-26-27-28-29-31-33-35-37-39-41-43-48(59)54(64)56-46(45-65-55-53(63)52(62)51(61)49(44-57)66-55)50(60)47(58)42-40-38-36-34-32-30-16-14-12-10-8-6-4-2/h34,36,46-53,55,57-63H,3-33,35,37-45H2,1-2H3,(H,56,64)/b36-34+. The van der Waals surface area contributed by atoms with E-state index in [-0.39, 0.29) is 12.8 Å². The predicted octanol–water partition coefficient (Wildman–Crippen LogP) is 11.2. The lowest BCUT2D eigenvalue weighted by atomic mass is 9.98. The number of unbranched alkanes of at least 4 members (excludes halogenated alkanes) is 34. The molecule has 0 aromatic carbocycles. The number of amides is 1. The van der Waals surface area contributed by atoms with Crippen LogP contribution in [0.15, 0.2) is 12.2 Å². The highest BCUT2D eigenvalue weighted by atomic mass is 16.7. The summed E-state index contributed by atoms with van der Waals surface area (Å²) in [5.41, 5.74) is 0. The second-order valence-corrected chi connectivity index (χ2v) is 20.0. The zero-order valence-electron chi connectivity index (χ0n) is 42.7. The molecule has 1 aliphatic rings. The zero-order valence-corrected chi connectivity index (χ0v) is 42.7. The molecule has 0 saturated carbocycles. The summed E-state index contributed by atoms with van der Waals surface area (Å²) in [7, 11) is 0. The first-order valence-corrected chi connectivity index (χ1v) is 28.1. The molecular formula is C55H107NO10. The zero-order chi connectivity index (χ0) is 48.3. The number of nitrogens with one attached hydrogen (secondary N) is 1. The van der Waals surface area contributed by atoms with Crippen molar-refractivity contribution in [2.24, 2.45) is 0 Å². The van der Waals surface area contributed by atoms with E-state index < -0.39 is 74.2 Å². The minimum absolute atomic E-state index is 0.259. The van der Waals surface area contributed by atoms with Gasteiger partial charge in [0.25, 0.3) is 0 Å². The Morgan fingerprint density at radius 2 is 0.894 bits per heavy atom. The number of aliphatic hydroxyl groups is 7. The molecule has 9 atom stereocenters. The highest BCUT2D eigenvalue weighted by molar-refractivity contribution is 5.80. The first-order valence-electron chi connectivity index (χ1n) is 28.1. The van der Waals surface area contributed by atoms with Gasteiger partial charge in [-0.1, -0.05) is 238 Å². The third kappa shape index (κ3) is 33.4. The van der Waals surface area contributed by atoms with Gasteiger partial charge >= 0.3 is 0 Å². The van der Waals surface area contributed by atoms with Crippen molar-refractivity contribution in [3.8, 4) is 0 Å². The van der Waals surface area contributed by atoms with Crippen molar-refractivity contribution >= 4 is 5.91 Å². The van der Waals surface area contributed by atoms with Crippen molar-refractivity contribution in [1.82, 2.24) is 5.32 Å². The van der Waals surface area contributed by atoms with Crippen LogP contribution in [0.4, 0.5) is 0 Å². The lowest BCUT2D eigenvalue weighted by Gasteiger charge is -2.40. The molecule has 1 heterocycles. The molecule has 0 spiro atoms. The monoisotopic (exact) mass is 942 g/mol. The number of hydrogen-bond acceptors (Lipinski definition) is 10. The second kappa shape index (κ2) is 45.0. The van der Waals surface area contributed by atoms with Gasteiger partial charge in [-0.2, -0.15) is 0 Å². The molecule has 1 rings (SSSR count). The Kier molecular flexibility index (Phi) is 42.9. The van der Waals surface area contributed by atoms with Crippen molar-refractivity contribution < 1.29 is 50.0 Å². The van der Waals surface area contributed by atoms with Gasteiger partial charge < -0.3 is 50.5 Å². The van der Waals surface area contributed by atoms with E-state index in [1.807, 2.05) is 0 Å². The van der Waals surface area contributed by atoms with Gasteiger partial charge in [0.2, 0.25) is 5.91 Å². The maximum absolute atomic E-state index is 13.1. The Bertz CT molecular complexity index is 1080. The van der Waals surface area contributed by atoms with Gasteiger partial charge in [-0.3, -0.25) is 4.79 Å². The normalized spacial score (nSPS) is 20.8. The number of hydrogen-bond donors (Lipinski definition) is 8. The SMILES string of the molecule is CCCCCCCCCC/C=C/CCCC(O)C(O)C(COC1OC(CO)C(O)C(O)C1O)NC(=O)C(O)CCCCCCCCCCCCCCCCCCCCCCCCCCCC. The third-order valence-electron chi connectivity index (χ3n) is 13.8. The van der Waals surface area contributed by atoms with E-state index in [9.17, 15) is 40.5 Å². The van der Waals surface area contributed by atoms with Crippen molar-refractivity contribution in [2.75, 3.05) is 13.2 Å². The van der Waals surface area contributed by atoms with Crippen molar-refractivity contribution in [3.05, 3.63) is 12.2 Å². The molecule has 11 nitrogen and oxygen atoms in total. The maximum atomic E-state index is 13.1. The van der Waals surface area contributed by atoms with Gasteiger partial charge in [-0.05, 0) is 38.5 Å². The predicted molar refractivity (Wildman–Crippen MR) is 270 cm³/mol. The van der Waals surface area contributed by atoms with Gasteiger partial charge in [0.1, 0.15) is 36.6 Å². The Hall–Kier alpha value is -1.15. The summed E-state index contributed by atoms with van der Waals surface area (Å²) in [5, 5.41) is 75.9. The average molecular weight is 942 g/mol. The maximum Gasteiger partial charge on any atom is 0.249 e. The summed E-state index contributed by atoms with van der Waals surface area (Å²) in [6.45, 7) is 3.45. The Morgan fingerprint density at radius 3 is 1.30 bits per heavy atom. The topological polar surface area (TPSA) is 189 Å². The fourth-order valence-electron chi connectivity index (χ4n) is 9.21. The number of rotatable bonds is 48. The van der Waals surface area contributed by atoms with Gasteiger partial charge in [0.05, 0.1) is 25.4 Å². The molecule has 392 valence electrons. The van der Waals surface area contributed by atoms with E-state index in [0.29, 0.717) is 12.8 Å². The second-order valence-electron chi connectivity index (χ2n) is 20.0. The van der Waals surface area contributed by atoms with Gasteiger partial charge in [-0.15, -0.1) is 0 Å². The van der Waals surface area contributed by atoms with Gasteiger partial charge in [-0.25, -0.2) is 0 Å². The molecule has 0 aromatic rings. The molecule has 0 aromatic heterocycles. The molecular weight excluding hydrogens is 835 g/mol. The molecule has 66 heavy (non-hydrogen) atoms. The Balaban J connectivity index is 2.27. The van der Waals surface area contributed by atoms with Crippen LogP contribution in [0.25, 0.3) is 0 Å². The third-order valence-corrected chi connectivity index (χ3v) is 13.8. The average Bonchev–Trinajstić information content (AvgIpc) is 3.32. The summed E-state index contributed by atoms with van der Waals surface area (Å²) >= 11 is 0. The van der Waals surface area contributed by atoms with E-state index in [1.165, 1.54) is 186 Å². The van der Waals surface area contributed by atoms with E-state index >= 15 is 0 Å². The van der Waals surface area contributed by atoms with Crippen molar-refractivity contribution in [3.63, 3.8) is 0 Å². The molecule has 0 aliphatic carbocycles. The van der Waals surface area contributed by atoms with E-state index in [0.717, 1.165) is 38.5 Å². The van der Waals surface area contributed by atoms with E-state index in [4.69, 9.17) is 9.47 Å². The highest BCUT2D eigenvalue weighted by Crippen LogP contribution is 2.23. The molecule has 1 saturated heterocycles. The summed E-state index contributed by atoms with van der Waals surface area (Å²) in [4.78, 5) is 13.1. The lowest BCUT2D eigenvalue weighted by molar-refractivity contribution is -0.303. The minimum Gasteiger partial charge on any atom is -0.394 e. The smallest absolute Gasteiger partial charge is 0.249 e. The van der Waals surface area contributed by atoms with Crippen LogP contribution >= 0.6 is 0 Å². The van der Waals surface area contributed by atoms with Crippen LogP contribution in [-0.2, 0) is 14.3 Å². The van der Waals surface area contributed by atoms with Crippen molar-refractivity contribution in [2.45, 2.75) is 319 Å². The minimum atomic E-state index is -1.66. The summed E-state index contributed by atoms with van der Waals surface area (Å²) < 4.78 is 11.1. The molecule has 1 amide bonds. The van der Waals surface area contributed by atoms with Gasteiger partial charge in [0, 0.05) is 0 Å². The number of carbonyl (C=O) groups excluding carboxylic acids is 1.